The largest absolute Gasteiger partial charge is 0.493 e. The number of nitrogens with one attached hydrogen (secondary N) is 1. The van der Waals surface area contributed by atoms with Gasteiger partial charge in [0.05, 0.1) is 20.8 Å². The molecule has 0 fully saturated rings. The molecule has 5 heteroatoms. The Kier molecular flexibility index (Phi) is 5.25. The topological polar surface area (TPSA) is 68.9 Å². The van der Waals surface area contributed by atoms with Gasteiger partial charge in [-0.25, -0.2) is 4.99 Å². The standard InChI is InChI=1S/C17H21N3O2/c1-12-5-4-6-14(9-12)20-17(18)19-11-13-7-8-15(21-2)16(10-13)22-3/h4-10H,11H2,1-3H3,(H3,18,19,20). The fraction of sp³-hybridized carbons (Fsp3) is 0.235. The highest BCUT2D eigenvalue weighted by atomic mass is 16.5. The number of methoxy groups -OCH3 is 2. The van der Waals surface area contributed by atoms with Crippen LogP contribution in [0.15, 0.2) is 47.5 Å². The molecular weight excluding hydrogens is 278 g/mol. The molecule has 0 aromatic heterocycles. The monoisotopic (exact) mass is 299 g/mol. The number of hydrogen-bond donors (Lipinski definition) is 2. The van der Waals surface area contributed by atoms with Crippen molar-refractivity contribution in [2.24, 2.45) is 10.7 Å². The summed E-state index contributed by atoms with van der Waals surface area (Å²) >= 11 is 0. The molecule has 2 aromatic carbocycles. The molecule has 22 heavy (non-hydrogen) atoms. The van der Waals surface area contributed by atoms with E-state index < -0.39 is 0 Å². The first-order chi connectivity index (χ1) is 10.6. The van der Waals surface area contributed by atoms with E-state index in [-0.39, 0.29) is 0 Å². The lowest BCUT2D eigenvalue weighted by molar-refractivity contribution is 0.354. The summed E-state index contributed by atoms with van der Waals surface area (Å²) in [6.45, 7) is 2.49. The van der Waals surface area contributed by atoms with E-state index in [1.165, 1.54) is 0 Å². The van der Waals surface area contributed by atoms with Crippen LogP contribution in [0.1, 0.15) is 11.1 Å². The van der Waals surface area contributed by atoms with Crippen molar-refractivity contribution < 1.29 is 9.47 Å². The molecule has 0 heterocycles. The maximum Gasteiger partial charge on any atom is 0.193 e. The lowest BCUT2D eigenvalue weighted by Crippen LogP contribution is -2.22. The third kappa shape index (κ3) is 4.15. The van der Waals surface area contributed by atoms with Gasteiger partial charge in [-0.3, -0.25) is 0 Å². The quantitative estimate of drug-likeness (QED) is 0.658. The van der Waals surface area contributed by atoms with Crippen LogP contribution in [-0.4, -0.2) is 20.2 Å². The van der Waals surface area contributed by atoms with Crippen molar-refractivity contribution in [1.29, 1.82) is 0 Å². The van der Waals surface area contributed by atoms with E-state index in [2.05, 4.69) is 10.3 Å². The number of anilines is 1. The van der Waals surface area contributed by atoms with E-state index in [1.54, 1.807) is 14.2 Å². The Labute approximate surface area is 130 Å². The van der Waals surface area contributed by atoms with Crippen molar-refractivity contribution >= 4 is 11.6 Å². The van der Waals surface area contributed by atoms with Gasteiger partial charge in [-0.2, -0.15) is 0 Å². The Morgan fingerprint density at radius 2 is 1.86 bits per heavy atom. The third-order valence-corrected chi connectivity index (χ3v) is 3.17. The van der Waals surface area contributed by atoms with Crippen LogP contribution in [0.3, 0.4) is 0 Å². The predicted octanol–water partition coefficient (Wildman–Crippen LogP) is 2.94. The van der Waals surface area contributed by atoms with Crippen LogP contribution in [0.4, 0.5) is 5.69 Å². The highest BCUT2D eigenvalue weighted by molar-refractivity contribution is 5.92. The maximum atomic E-state index is 5.91. The number of hydrogen-bond acceptors (Lipinski definition) is 3. The van der Waals surface area contributed by atoms with Crippen molar-refractivity contribution in [2.45, 2.75) is 13.5 Å². The van der Waals surface area contributed by atoms with Gasteiger partial charge < -0.3 is 20.5 Å². The van der Waals surface area contributed by atoms with Crippen LogP contribution in [0.25, 0.3) is 0 Å². The molecule has 0 amide bonds. The average molecular weight is 299 g/mol. The second-order valence-electron chi connectivity index (χ2n) is 4.89. The van der Waals surface area contributed by atoms with Gasteiger partial charge in [-0.1, -0.05) is 18.2 Å². The molecule has 3 N–H and O–H groups in total. The van der Waals surface area contributed by atoms with Crippen molar-refractivity contribution in [2.75, 3.05) is 19.5 Å². The zero-order chi connectivity index (χ0) is 15.9. The van der Waals surface area contributed by atoms with Crippen molar-refractivity contribution in [1.82, 2.24) is 0 Å². The summed E-state index contributed by atoms with van der Waals surface area (Å²) < 4.78 is 10.5. The van der Waals surface area contributed by atoms with E-state index >= 15 is 0 Å². The smallest absolute Gasteiger partial charge is 0.193 e. The summed E-state index contributed by atoms with van der Waals surface area (Å²) in [7, 11) is 3.22. The van der Waals surface area contributed by atoms with Crippen LogP contribution in [0.5, 0.6) is 11.5 Å². The zero-order valence-electron chi connectivity index (χ0n) is 13.1. The number of nitrogens with two attached hydrogens (primary N) is 1. The second-order valence-corrected chi connectivity index (χ2v) is 4.89. The Hall–Kier alpha value is -2.69. The SMILES string of the molecule is COc1ccc(CN=C(N)Nc2cccc(C)c2)cc1OC. The molecule has 0 radical (unpaired) electrons. The van der Waals surface area contributed by atoms with Crippen molar-refractivity contribution in [3.63, 3.8) is 0 Å². The van der Waals surface area contributed by atoms with E-state index in [0.717, 1.165) is 16.8 Å². The minimum absolute atomic E-state index is 0.375. The summed E-state index contributed by atoms with van der Waals surface area (Å²) in [5.41, 5.74) is 8.99. The van der Waals surface area contributed by atoms with Crippen LogP contribution in [0, 0.1) is 6.92 Å². The first-order valence-corrected chi connectivity index (χ1v) is 6.97. The Bertz CT molecular complexity index is 669. The van der Waals surface area contributed by atoms with Gasteiger partial charge in [0.25, 0.3) is 0 Å². The number of aryl methyl sites for hydroxylation is 1. The summed E-state index contributed by atoms with van der Waals surface area (Å²) in [4.78, 5) is 4.34. The van der Waals surface area contributed by atoms with E-state index in [9.17, 15) is 0 Å². The molecule has 116 valence electrons. The number of rotatable bonds is 5. The Morgan fingerprint density at radius 1 is 1.09 bits per heavy atom. The molecular formula is C17H21N3O2. The highest BCUT2D eigenvalue weighted by Gasteiger charge is 2.04. The van der Waals surface area contributed by atoms with Crippen LogP contribution in [-0.2, 0) is 6.54 Å². The number of nitrogens with zero attached hydrogens (tertiary/aromatic N) is 1. The number of aliphatic imine (C=N–C) groups is 1. The summed E-state index contributed by atoms with van der Waals surface area (Å²) in [5.74, 6) is 1.75. The van der Waals surface area contributed by atoms with Crippen LogP contribution >= 0.6 is 0 Å². The van der Waals surface area contributed by atoms with E-state index in [4.69, 9.17) is 15.2 Å². The van der Waals surface area contributed by atoms with Gasteiger partial charge in [0, 0.05) is 5.69 Å². The van der Waals surface area contributed by atoms with Gasteiger partial charge >= 0.3 is 0 Å². The van der Waals surface area contributed by atoms with E-state index in [1.807, 2.05) is 49.4 Å². The van der Waals surface area contributed by atoms with Crippen LogP contribution < -0.4 is 20.5 Å². The third-order valence-electron chi connectivity index (χ3n) is 3.17. The molecule has 0 unspecified atom stereocenters. The Balaban J connectivity index is 2.04. The molecule has 2 aromatic rings. The van der Waals surface area contributed by atoms with Crippen molar-refractivity contribution in [3.05, 3.63) is 53.6 Å². The van der Waals surface area contributed by atoms with Crippen molar-refractivity contribution in [3.8, 4) is 11.5 Å². The van der Waals surface area contributed by atoms with Gasteiger partial charge in [0.15, 0.2) is 17.5 Å². The normalized spacial score (nSPS) is 11.1. The first kappa shape index (κ1) is 15.7. The molecule has 0 spiro atoms. The number of guanidine groups is 1. The maximum absolute atomic E-state index is 5.91. The molecule has 0 aliphatic heterocycles. The molecule has 0 bridgehead atoms. The number of ether oxygens (including phenoxy) is 2. The molecule has 2 rings (SSSR count). The fourth-order valence-corrected chi connectivity index (χ4v) is 2.07. The molecule has 0 saturated carbocycles. The van der Waals surface area contributed by atoms with Gasteiger partial charge in [-0.05, 0) is 42.3 Å². The molecule has 5 nitrogen and oxygen atoms in total. The predicted molar refractivity (Wildman–Crippen MR) is 89.7 cm³/mol. The zero-order valence-corrected chi connectivity index (χ0v) is 13.1. The molecule has 0 saturated heterocycles. The molecule has 0 aliphatic carbocycles. The second kappa shape index (κ2) is 7.36. The van der Waals surface area contributed by atoms with Crippen LogP contribution in [0.2, 0.25) is 0 Å². The molecule has 0 atom stereocenters. The average Bonchev–Trinajstić information content (AvgIpc) is 2.52. The van der Waals surface area contributed by atoms with Gasteiger partial charge in [-0.15, -0.1) is 0 Å². The summed E-state index contributed by atoms with van der Waals surface area (Å²) in [5, 5.41) is 3.08. The molecule has 0 aliphatic rings. The lowest BCUT2D eigenvalue weighted by Gasteiger charge is -2.09. The lowest BCUT2D eigenvalue weighted by atomic mass is 10.2. The minimum Gasteiger partial charge on any atom is -0.493 e. The highest BCUT2D eigenvalue weighted by Crippen LogP contribution is 2.27. The van der Waals surface area contributed by atoms with Gasteiger partial charge in [0.1, 0.15) is 0 Å². The summed E-state index contributed by atoms with van der Waals surface area (Å²) in [6.07, 6.45) is 0. The van der Waals surface area contributed by atoms with Gasteiger partial charge in [0.2, 0.25) is 0 Å². The minimum atomic E-state index is 0.375. The fourth-order valence-electron chi connectivity index (χ4n) is 2.07. The summed E-state index contributed by atoms with van der Waals surface area (Å²) in [6, 6.07) is 13.6. The van der Waals surface area contributed by atoms with E-state index in [0.29, 0.717) is 24.0 Å². The number of benzene rings is 2. The first-order valence-electron chi connectivity index (χ1n) is 6.97. The Morgan fingerprint density at radius 3 is 2.55 bits per heavy atom.